The predicted molar refractivity (Wildman–Crippen MR) is 52.3 cm³/mol. The number of carbonyl (C=O) groups excluding carboxylic acids is 1. The lowest BCUT2D eigenvalue weighted by molar-refractivity contribution is -0.119. The lowest BCUT2D eigenvalue weighted by Gasteiger charge is -2.07. The molecule has 0 aromatic rings. The highest BCUT2D eigenvalue weighted by Gasteiger charge is 2.01. The minimum Gasteiger partial charge on any atom is -0.309 e. The normalized spacial score (nSPS) is 10.7. The van der Waals surface area contributed by atoms with Gasteiger partial charge in [0.1, 0.15) is 5.78 Å². The molecule has 0 N–H and O–H groups in total. The molecular formula is C10H21NO. The fraction of sp³-hybridized carbons (Fsp3) is 0.900. The van der Waals surface area contributed by atoms with Crippen molar-refractivity contribution in [1.29, 1.82) is 0 Å². The van der Waals surface area contributed by atoms with Crippen LogP contribution in [0.4, 0.5) is 0 Å². The fourth-order valence-electron chi connectivity index (χ4n) is 1.05. The number of Topliss-reactive ketones (excluding diaryl/α,β-unsaturated/α-hetero) is 1. The molecule has 0 aromatic heterocycles. The van der Waals surface area contributed by atoms with Gasteiger partial charge in [-0.15, -0.1) is 0 Å². The maximum Gasteiger partial charge on any atom is 0.134 e. The molecule has 0 aliphatic rings. The number of hydrogen-bond acceptors (Lipinski definition) is 2. The Bertz CT molecular complexity index is 121. The molecule has 0 saturated carbocycles. The molecule has 0 spiro atoms. The molecule has 2 heteroatoms. The van der Waals surface area contributed by atoms with E-state index in [1.165, 1.54) is 12.8 Å². The number of unbranched alkanes of at least 4 members (excludes halogenated alkanes) is 2. The van der Waals surface area contributed by atoms with Gasteiger partial charge in [0.05, 0.1) is 0 Å². The predicted octanol–water partition coefficient (Wildman–Crippen LogP) is 2.09. The molecule has 0 atom stereocenters. The van der Waals surface area contributed by atoms with Crippen molar-refractivity contribution >= 4 is 5.78 Å². The Labute approximate surface area is 75.9 Å². The van der Waals surface area contributed by atoms with Gasteiger partial charge < -0.3 is 4.90 Å². The van der Waals surface area contributed by atoms with Crippen LogP contribution in [0.15, 0.2) is 0 Å². The first-order valence-electron chi connectivity index (χ1n) is 4.83. The Hall–Kier alpha value is -0.370. The van der Waals surface area contributed by atoms with Crippen molar-refractivity contribution in [3.8, 4) is 0 Å². The minimum absolute atomic E-state index is 0.414. The molecule has 0 radical (unpaired) electrons. The van der Waals surface area contributed by atoms with E-state index < -0.39 is 0 Å². The second-order valence-electron chi connectivity index (χ2n) is 3.55. The van der Waals surface area contributed by atoms with Crippen LogP contribution in [0.5, 0.6) is 0 Å². The van der Waals surface area contributed by atoms with Crippen LogP contribution in [-0.4, -0.2) is 31.3 Å². The van der Waals surface area contributed by atoms with Crippen molar-refractivity contribution in [3.63, 3.8) is 0 Å². The first kappa shape index (κ1) is 11.6. The summed E-state index contributed by atoms with van der Waals surface area (Å²) in [5.74, 6) is 0.414. The third kappa shape index (κ3) is 7.73. The van der Waals surface area contributed by atoms with E-state index in [4.69, 9.17) is 0 Å². The Morgan fingerprint density at radius 3 is 2.33 bits per heavy atom. The van der Waals surface area contributed by atoms with E-state index in [1.807, 2.05) is 14.1 Å². The van der Waals surface area contributed by atoms with Crippen LogP contribution in [0.1, 0.15) is 39.0 Å². The lowest BCUT2D eigenvalue weighted by Crippen LogP contribution is -2.16. The van der Waals surface area contributed by atoms with Crippen molar-refractivity contribution in [2.45, 2.75) is 39.0 Å². The highest BCUT2D eigenvalue weighted by Crippen LogP contribution is 2.01. The highest BCUT2D eigenvalue weighted by atomic mass is 16.1. The molecule has 0 bridgehead atoms. The number of rotatable bonds is 7. The average Bonchev–Trinajstić information content (AvgIpc) is 2.01. The van der Waals surface area contributed by atoms with E-state index in [2.05, 4.69) is 11.8 Å². The molecule has 0 aromatic carbocycles. The molecular weight excluding hydrogens is 150 g/mol. The summed E-state index contributed by atoms with van der Waals surface area (Å²) < 4.78 is 0. The Kier molecular flexibility index (Phi) is 7.06. The summed E-state index contributed by atoms with van der Waals surface area (Å²) >= 11 is 0. The third-order valence-electron chi connectivity index (χ3n) is 1.90. The quantitative estimate of drug-likeness (QED) is 0.547. The van der Waals surface area contributed by atoms with Crippen molar-refractivity contribution in [1.82, 2.24) is 4.90 Å². The molecule has 0 unspecified atom stereocenters. The Balaban J connectivity index is 3.22. The van der Waals surface area contributed by atoms with Crippen molar-refractivity contribution < 1.29 is 4.79 Å². The number of ketones is 1. The van der Waals surface area contributed by atoms with Gasteiger partial charge in [-0.2, -0.15) is 0 Å². The molecule has 0 aliphatic heterocycles. The number of carbonyl (C=O) groups is 1. The summed E-state index contributed by atoms with van der Waals surface area (Å²) in [6.45, 7) is 3.05. The second kappa shape index (κ2) is 7.29. The van der Waals surface area contributed by atoms with E-state index in [9.17, 15) is 4.79 Å². The molecule has 0 fully saturated rings. The summed E-state index contributed by atoms with van der Waals surface area (Å²) in [4.78, 5) is 13.2. The summed E-state index contributed by atoms with van der Waals surface area (Å²) in [7, 11) is 4.00. The van der Waals surface area contributed by atoms with Crippen molar-refractivity contribution in [2.75, 3.05) is 20.6 Å². The molecule has 0 heterocycles. The van der Waals surface area contributed by atoms with Crippen LogP contribution in [0, 0.1) is 0 Å². The van der Waals surface area contributed by atoms with E-state index in [1.54, 1.807) is 0 Å². The smallest absolute Gasteiger partial charge is 0.134 e. The maximum absolute atomic E-state index is 11.2. The molecule has 12 heavy (non-hydrogen) atoms. The van der Waals surface area contributed by atoms with Crippen LogP contribution < -0.4 is 0 Å². The van der Waals surface area contributed by atoms with Gasteiger partial charge in [0.2, 0.25) is 0 Å². The average molecular weight is 171 g/mol. The largest absolute Gasteiger partial charge is 0.309 e. The maximum atomic E-state index is 11.2. The molecule has 0 saturated heterocycles. The van der Waals surface area contributed by atoms with E-state index in [-0.39, 0.29) is 0 Å². The summed E-state index contributed by atoms with van der Waals surface area (Å²) in [6.07, 6.45) is 4.95. The van der Waals surface area contributed by atoms with Crippen molar-refractivity contribution in [3.05, 3.63) is 0 Å². The Morgan fingerprint density at radius 2 is 1.83 bits per heavy atom. The van der Waals surface area contributed by atoms with Gasteiger partial charge in [0.25, 0.3) is 0 Å². The van der Waals surface area contributed by atoms with Crippen molar-refractivity contribution in [2.24, 2.45) is 0 Å². The third-order valence-corrected chi connectivity index (χ3v) is 1.90. The zero-order valence-electron chi connectivity index (χ0n) is 8.60. The first-order valence-corrected chi connectivity index (χ1v) is 4.83. The van der Waals surface area contributed by atoms with Gasteiger partial charge in [-0.05, 0) is 20.5 Å². The van der Waals surface area contributed by atoms with Gasteiger partial charge in [-0.25, -0.2) is 0 Å². The monoisotopic (exact) mass is 171 g/mol. The molecule has 0 rings (SSSR count). The lowest BCUT2D eigenvalue weighted by atomic mass is 10.1. The van der Waals surface area contributed by atoms with Crippen LogP contribution >= 0.6 is 0 Å². The van der Waals surface area contributed by atoms with Gasteiger partial charge in [0.15, 0.2) is 0 Å². The standard InChI is InChI=1S/C10H21NO/c1-4-5-6-7-10(12)8-9-11(2)3/h4-9H2,1-3H3. The molecule has 0 aliphatic carbocycles. The zero-order valence-corrected chi connectivity index (χ0v) is 8.60. The summed E-state index contributed by atoms with van der Waals surface area (Å²) in [6, 6.07) is 0. The van der Waals surface area contributed by atoms with Crippen LogP contribution in [0.3, 0.4) is 0 Å². The first-order chi connectivity index (χ1) is 5.66. The van der Waals surface area contributed by atoms with E-state index in [0.29, 0.717) is 5.78 Å². The Morgan fingerprint density at radius 1 is 1.17 bits per heavy atom. The second-order valence-corrected chi connectivity index (χ2v) is 3.55. The van der Waals surface area contributed by atoms with E-state index in [0.717, 1.165) is 25.8 Å². The van der Waals surface area contributed by atoms with Gasteiger partial charge in [-0.3, -0.25) is 4.79 Å². The van der Waals surface area contributed by atoms with E-state index >= 15 is 0 Å². The SMILES string of the molecule is CCCCCC(=O)CCN(C)C. The molecule has 2 nitrogen and oxygen atoms in total. The fourth-order valence-corrected chi connectivity index (χ4v) is 1.05. The van der Waals surface area contributed by atoms with Gasteiger partial charge >= 0.3 is 0 Å². The molecule has 72 valence electrons. The summed E-state index contributed by atoms with van der Waals surface area (Å²) in [5, 5.41) is 0. The minimum atomic E-state index is 0.414. The van der Waals surface area contributed by atoms with Crippen LogP contribution in [0.2, 0.25) is 0 Å². The highest BCUT2D eigenvalue weighted by molar-refractivity contribution is 5.78. The topological polar surface area (TPSA) is 20.3 Å². The van der Waals surface area contributed by atoms with Crippen LogP contribution in [-0.2, 0) is 4.79 Å². The molecule has 0 amide bonds. The van der Waals surface area contributed by atoms with Gasteiger partial charge in [0, 0.05) is 19.4 Å². The summed E-state index contributed by atoms with van der Waals surface area (Å²) in [5.41, 5.74) is 0. The number of nitrogens with zero attached hydrogens (tertiary/aromatic N) is 1. The van der Waals surface area contributed by atoms with Crippen LogP contribution in [0.25, 0.3) is 0 Å². The number of hydrogen-bond donors (Lipinski definition) is 0. The van der Waals surface area contributed by atoms with Gasteiger partial charge in [-0.1, -0.05) is 19.8 Å². The zero-order chi connectivity index (χ0) is 9.40.